The second-order valence-electron chi connectivity index (χ2n) is 6.44. The summed E-state index contributed by atoms with van der Waals surface area (Å²) in [4.78, 5) is 13.2. The normalized spacial score (nSPS) is 15.0. The molecule has 1 aliphatic rings. The van der Waals surface area contributed by atoms with Crippen molar-refractivity contribution < 1.29 is 0 Å². The van der Waals surface area contributed by atoms with Crippen LogP contribution >= 0.6 is 24.0 Å². The maximum atomic E-state index is 6.10. The van der Waals surface area contributed by atoms with Crippen LogP contribution in [0.15, 0.2) is 61.2 Å². The standard InChI is InChI=1S/C20H21ClN6.ClH/c21-18-5-1-6-19(14-18)26-12-10-25(11-13-26)9-2-4-17-15-24-27(16-17)20-22-7-3-8-23-20;/h1-8,14-16H,9-13H2;1H/b4-2+;. The smallest absolute Gasteiger partial charge is 0.250 e. The van der Waals surface area contributed by atoms with E-state index in [1.165, 1.54) is 5.69 Å². The van der Waals surface area contributed by atoms with Gasteiger partial charge < -0.3 is 4.90 Å². The predicted octanol–water partition coefficient (Wildman–Crippen LogP) is 3.57. The summed E-state index contributed by atoms with van der Waals surface area (Å²) in [6.45, 7) is 5.02. The Labute approximate surface area is 175 Å². The molecule has 0 unspecified atom stereocenters. The van der Waals surface area contributed by atoms with Crippen LogP contribution in [-0.2, 0) is 0 Å². The average molecular weight is 417 g/mol. The fraction of sp³-hybridized carbons (Fsp3) is 0.250. The Morgan fingerprint density at radius 2 is 1.82 bits per heavy atom. The highest BCUT2D eigenvalue weighted by atomic mass is 35.5. The van der Waals surface area contributed by atoms with Gasteiger partial charge in [-0.2, -0.15) is 5.10 Å². The lowest BCUT2D eigenvalue weighted by molar-refractivity contribution is 0.284. The molecule has 1 fully saturated rings. The third-order valence-corrected chi connectivity index (χ3v) is 4.81. The SMILES string of the molecule is Cl.Clc1cccc(N2CCN(C/C=C/c3cnn(-c4ncccn4)c3)CC2)c1. The van der Waals surface area contributed by atoms with Crippen molar-refractivity contribution in [2.75, 3.05) is 37.6 Å². The van der Waals surface area contributed by atoms with Gasteiger partial charge in [0.15, 0.2) is 0 Å². The molecule has 0 radical (unpaired) electrons. The van der Waals surface area contributed by atoms with Crippen LogP contribution in [0.2, 0.25) is 5.02 Å². The lowest BCUT2D eigenvalue weighted by atomic mass is 10.2. The summed E-state index contributed by atoms with van der Waals surface area (Å²) in [6, 6.07) is 9.87. The van der Waals surface area contributed by atoms with Gasteiger partial charge in [-0.3, -0.25) is 4.90 Å². The molecule has 28 heavy (non-hydrogen) atoms. The molecule has 3 aromatic rings. The number of hydrogen-bond donors (Lipinski definition) is 0. The zero-order valence-electron chi connectivity index (χ0n) is 15.4. The van der Waals surface area contributed by atoms with E-state index < -0.39 is 0 Å². The largest absolute Gasteiger partial charge is 0.369 e. The predicted molar refractivity (Wildman–Crippen MR) is 116 cm³/mol. The lowest BCUT2D eigenvalue weighted by Gasteiger charge is -2.35. The molecule has 3 heterocycles. The van der Waals surface area contributed by atoms with E-state index in [2.05, 4.69) is 43.1 Å². The van der Waals surface area contributed by atoms with Crippen LogP contribution < -0.4 is 4.90 Å². The lowest BCUT2D eigenvalue weighted by Crippen LogP contribution is -2.46. The first-order valence-corrected chi connectivity index (χ1v) is 9.37. The van der Waals surface area contributed by atoms with Crippen LogP contribution in [0.4, 0.5) is 5.69 Å². The fourth-order valence-corrected chi connectivity index (χ4v) is 3.33. The van der Waals surface area contributed by atoms with Crippen molar-refractivity contribution in [3.63, 3.8) is 0 Å². The molecular weight excluding hydrogens is 395 g/mol. The zero-order chi connectivity index (χ0) is 18.5. The molecule has 0 saturated carbocycles. The fourth-order valence-electron chi connectivity index (χ4n) is 3.14. The van der Waals surface area contributed by atoms with Gasteiger partial charge >= 0.3 is 0 Å². The molecule has 0 spiro atoms. The maximum absolute atomic E-state index is 6.10. The molecule has 1 aliphatic heterocycles. The number of hydrogen-bond acceptors (Lipinski definition) is 5. The van der Waals surface area contributed by atoms with Crippen molar-refractivity contribution >= 4 is 35.8 Å². The number of rotatable bonds is 5. The molecule has 146 valence electrons. The van der Waals surface area contributed by atoms with Gasteiger partial charge in [0.05, 0.1) is 6.20 Å². The van der Waals surface area contributed by atoms with Crippen molar-refractivity contribution in [1.29, 1.82) is 0 Å². The van der Waals surface area contributed by atoms with Crippen molar-refractivity contribution in [2.45, 2.75) is 0 Å². The summed E-state index contributed by atoms with van der Waals surface area (Å²) >= 11 is 6.10. The second-order valence-corrected chi connectivity index (χ2v) is 6.87. The van der Waals surface area contributed by atoms with Crippen molar-refractivity contribution in [3.8, 4) is 5.95 Å². The highest BCUT2D eigenvalue weighted by molar-refractivity contribution is 6.30. The molecule has 0 N–H and O–H groups in total. The molecule has 0 atom stereocenters. The van der Waals surface area contributed by atoms with Gasteiger partial charge in [0.2, 0.25) is 5.95 Å². The van der Waals surface area contributed by atoms with Crippen molar-refractivity contribution in [1.82, 2.24) is 24.6 Å². The number of nitrogens with zero attached hydrogens (tertiary/aromatic N) is 6. The molecule has 1 saturated heterocycles. The Bertz CT molecular complexity index is 904. The van der Waals surface area contributed by atoms with E-state index in [9.17, 15) is 0 Å². The van der Waals surface area contributed by atoms with Crippen LogP contribution in [-0.4, -0.2) is 57.4 Å². The van der Waals surface area contributed by atoms with E-state index in [0.717, 1.165) is 43.3 Å². The first-order valence-electron chi connectivity index (χ1n) is 8.99. The summed E-state index contributed by atoms with van der Waals surface area (Å²) < 4.78 is 1.68. The summed E-state index contributed by atoms with van der Waals surface area (Å²) in [7, 11) is 0. The Hall–Kier alpha value is -2.41. The molecule has 6 nitrogen and oxygen atoms in total. The first-order chi connectivity index (χ1) is 13.3. The molecule has 8 heteroatoms. The van der Waals surface area contributed by atoms with Gasteiger partial charge in [-0.15, -0.1) is 12.4 Å². The minimum absolute atomic E-state index is 0. The molecular formula is C20H22Cl2N6. The van der Waals surface area contributed by atoms with E-state index in [1.54, 1.807) is 23.1 Å². The first kappa shape index (κ1) is 20.3. The molecule has 2 aromatic heterocycles. The third-order valence-electron chi connectivity index (χ3n) is 4.58. The van der Waals surface area contributed by atoms with Gasteiger partial charge in [0, 0.05) is 67.6 Å². The average Bonchev–Trinajstić information content (AvgIpc) is 3.18. The number of halogens is 2. The van der Waals surface area contributed by atoms with Crippen LogP contribution in [0.25, 0.3) is 12.0 Å². The minimum atomic E-state index is 0. The Morgan fingerprint density at radius 3 is 2.57 bits per heavy atom. The molecule has 4 rings (SSSR count). The monoisotopic (exact) mass is 416 g/mol. The van der Waals surface area contributed by atoms with Gasteiger partial charge in [0.1, 0.15) is 0 Å². The number of anilines is 1. The molecule has 0 bridgehead atoms. The number of aromatic nitrogens is 4. The van der Waals surface area contributed by atoms with Crippen molar-refractivity contribution in [2.24, 2.45) is 0 Å². The van der Waals surface area contributed by atoms with E-state index in [1.807, 2.05) is 30.6 Å². The summed E-state index contributed by atoms with van der Waals surface area (Å²) in [5.74, 6) is 0.578. The third kappa shape index (κ3) is 5.10. The summed E-state index contributed by atoms with van der Waals surface area (Å²) in [5.41, 5.74) is 2.24. The highest BCUT2D eigenvalue weighted by Crippen LogP contribution is 2.20. The van der Waals surface area contributed by atoms with Crippen LogP contribution in [0, 0.1) is 0 Å². The van der Waals surface area contributed by atoms with Gasteiger partial charge in [0.25, 0.3) is 0 Å². The molecule has 0 amide bonds. The zero-order valence-corrected chi connectivity index (χ0v) is 16.9. The minimum Gasteiger partial charge on any atom is -0.369 e. The summed E-state index contributed by atoms with van der Waals surface area (Å²) in [6.07, 6.45) is 11.5. The highest BCUT2D eigenvalue weighted by Gasteiger charge is 2.16. The Balaban J connectivity index is 0.00000225. The van der Waals surface area contributed by atoms with Gasteiger partial charge in [-0.1, -0.05) is 29.8 Å². The van der Waals surface area contributed by atoms with Gasteiger partial charge in [-0.05, 0) is 24.3 Å². The van der Waals surface area contributed by atoms with E-state index >= 15 is 0 Å². The van der Waals surface area contributed by atoms with E-state index in [-0.39, 0.29) is 12.4 Å². The topological polar surface area (TPSA) is 50.1 Å². The van der Waals surface area contributed by atoms with Crippen LogP contribution in [0.3, 0.4) is 0 Å². The molecule has 1 aromatic carbocycles. The second kappa shape index (κ2) is 9.68. The summed E-state index contributed by atoms with van der Waals surface area (Å²) in [5, 5.41) is 5.10. The maximum Gasteiger partial charge on any atom is 0.250 e. The Morgan fingerprint density at radius 1 is 1.04 bits per heavy atom. The molecule has 0 aliphatic carbocycles. The van der Waals surface area contributed by atoms with Crippen LogP contribution in [0.5, 0.6) is 0 Å². The van der Waals surface area contributed by atoms with E-state index in [4.69, 9.17) is 11.6 Å². The number of benzene rings is 1. The van der Waals surface area contributed by atoms with Crippen molar-refractivity contribution in [3.05, 3.63) is 71.8 Å². The van der Waals surface area contributed by atoms with Crippen LogP contribution in [0.1, 0.15) is 5.56 Å². The Kier molecular flexibility index (Phi) is 7.03. The van der Waals surface area contributed by atoms with E-state index in [0.29, 0.717) is 5.95 Å². The number of piperazine rings is 1. The quantitative estimate of drug-likeness (QED) is 0.635. The van der Waals surface area contributed by atoms with Gasteiger partial charge in [-0.25, -0.2) is 14.6 Å².